The van der Waals surface area contributed by atoms with E-state index in [0.717, 1.165) is 54.3 Å². The molecule has 1 fully saturated rings. The molecule has 3 aromatic rings. The summed E-state index contributed by atoms with van der Waals surface area (Å²) in [7, 11) is 0. The molecule has 0 N–H and O–H groups in total. The molecule has 1 saturated heterocycles. The minimum atomic E-state index is 0.655. The van der Waals surface area contributed by atoms with Crippen molar-refractivity contribution in [2.24, 2.45) is 0 Å². The average Bonchev–Trinajstić information content (AvgIpc) is 2.63. The Morgan fingerprint density at radius 2 is 1.79 bits per heavy atom. The van der Waals surface area contributed by atoms with Crippen LogP contribution in [-0.2, 0) is 4.74 Å². The molecule has 122 valence electrons. The van der Waals surface area contributed by atoms with Gasteiger partial charge in [0.15, 0.2) is 0 Å². The molecule has 0 bridgehead atoms. The van der Waals surface area contributed by atoms with Crippen LogP contribution >= 0.6 is 23.2 Å². The number of hydrogen-bond acceptors (Lipinski definition) is 4. The molecule has 24 heavy (non-hydrogen) atoms. The lowest BCUT2D eigenvalue weighted by Gasteiger charge is -2.27. The summed E-state index contributed by atoms with van der Waals surface area (Å²) in [5.74, 6) is 0.875. The predicted octanol–water partition coefficient (Wildman–Crippen LogP) is 4.44. The molecule has 0 spiro atoms. The number of fused-ring (bicyclic) bond motifs is 1. The fraction of sp³-hybridized carbons (Fsp3) is 0.222. The van der Waals surface area contributed by atoms with Crippen LogP contribution < -0.4 is 4.90 Å². The number of anilines is 1. The van der Waals surface area contributed by atoms with E-state index in [1.54, 1.807) is 12.1 Å². The van der Waals surface area contributed by atoms with Crippen LogP contribution in [0.4, 0.5) is 5.82 Å². The summed E-state index contributed by atoms with van der Waals surface area (Å²) >= 11 is 12.4. The third-order valence-corrected chi connectivity index (χ3v) is 4.67. The third kappa shape index (κ3) is 3.05. The van der Waals surface area contributed by atoms with Gasteiger partial charge >= 0.3 is 0 Å². The van der Waals surface area contributed by atoms with Gasteiger partial charge in [-0.1, -0.05) is 29.3 Å². The van der Waals surface area contributed by atoms with Crippen molar-refractivity contribution in [1.82, 2.24) is 9.97 Å². The van der Waals surface area contributed by atoms with E-state index in [1.807, 2.05) is 30.5 Å². The molecule has 2 aromatic carbocycles. The Morgan fingerprint density at radius 1 is 0.958 bits per heavy atom. The van der Waals surface area contributed by atoms with Crippen molar-refractivity contribution in [3.05, 3.63) is 52.6 Å². The molecule has 6 heteroatoms. The Balaban J connectivity index is 1.77. The van der Waals surface area contributed by atoms with Gasteiger partial charge in [-0.2, -0.15) is 0 Å². The van der Waals surface area contributed by atoms with Crippen LogP contribution in [0.15, 0.2) is 42.6 Å². The van der Waals surface area contributed by atoms with Crippen molar-refractivity contribution in [3.8, 4) is 11.1 Å². The summed E-state index contributed by atoms with van der Waals surface area (Å²) in [5.41, 5.74) is 3.56. The lowest BCUT2D eigenvalue weighted by molar-refractivity contribution is 0.122. The molecule has 4 rings (SSSR count). The molecular weight excluding hydrogens is 345 g/mol. The van der Waals surface area contributed by atoms with E-state index >= 15 is 0 Å². The van der Waals surface area contributed by atoms with E-state index < -0.39 is 0 Å². The summed E-state index contributed by atoms with van der Waals surface area (Å²) < 4.78 is 5.39. The second-order valence-electron chi connectivity index (χ2n) is 5.66. The Bertz CT molecular complexity index is 895. The first-order chi connectivity index (χ1) is 11.7. The van der Waals surface area contributed by atoms with Crippen LogP contribution in [0.3, 0.4) is 0 Å². The summed E-state index contributed by atoms with van der Waals surface area (Å²) in [6.45, 7) is 3.11. The number of nitrogens with zero attached hydrogens (tertiary/aromatic N) is 3. The number of morpholine rings is 1. The average molecular weight is 360 g/mol. The van der Waals surface area contributed by atoms with Crippen molar-refractivity contribution >= 4 is 40.1 Å². The normalized spacial score (nSPS) is 15.0. The molecule has 1 aromatic heterocycles. The van der Waals surface area contributed by atoms with Crippen LogP contribution in [0.25, 0.3) is 22.2 Å². The fourth-order valence-electron chi connectivity index (χ4n) is 2.83. The van der Waals surface area contributed by atoms with Crippen molar-refractivity contribution in [2.75, 3.05) is 31.2 Å². The van der Waals surface area contributed by atoms with Gasteiger partial charge in [0.2, 0.25) is 0 Å². The number of hydrogen-bond donors (Lipinski definition) is 0. The second-order valence-corrected chi connectivity index (χ2v) is 6.50. The maximum atomic E-state index is 6.32. The first-order valence-electron chi connectivity index (χ1n) is 7.76. The molecule has 4 nitrogen and oxygen atoms in total. The number of benzene rings is 2. The van der Waals surface area contributed by atoms with Gasteiger partial charge in [0.05, 0.1) is 30.4 Å². The maximum absolute atomic E-state index is 6.32. The molecule has 1 aliphatic rings. The Kier molecular flexibility index (Phi) is 4.27. The highest BCUT2D eigenvalue weighted by molar-refractivity contribution is 6.35. The largest absolute Gasteiger partial charge is 0.378 e. The maximum Gasteiger partial charge on any atom is 0.148 e. The summed E-state index contributed by atoms with van der Waals surface area (Å²) in [5, 5.41) is 1.32. The molecule has 0 amide bonds. The van der Waals surface area contributed by atoms with E-state index in [0.29, 0.717) is 10.0 Å². The van der Waals surface area contributed by atoms with Crippen molar-refractivity contribution in [2.45, 2.75) is 0 Å². The van der Waals surface area contributed by atoms with Gasteiger partial charge in [0, 0.05) is 28.7 Å². The summed E-state index contributed by atoms with van der Waals surface area (Å²) in [6, 6.07) is 11.4. The van der Waals surface area contributed by atoms with E-state index in [2.05, 4.69) is 9.88 Å². The monoisotopic (exact) mass is 359 g/mol. The zero-order valence-corrected chi connectivity index (χ0v) is 14.4. The minimum Gasteiger partial charge on any atom is -0.378 e. The standard InChI is InChI=1S/C18H15Cl2N3O/c19-13-2-3-15(20)14(10-13)12-1-4-16-17(9-12)22-18(11-21-16)23-5-7-24-8-6-23/h1-4,9-11H,5-8H2. The highest BCUT2D eigenvalue weighted by Crippen LogP contribution is 2.32. The highest BCUT2D eigenvalue weighted by Gasteiger charge is 2.14. The number of ether oxygens (including phenoxy) is 1. The molecule has 0 atom stereocenters. The molecule has 1 aliphatic heterocycles. The van der Waals surface area contributed by atoms with E-state index in [-0.39, 0.29) is 0 Å². The molecule has 0 unspecified atom stereocenters. The van der Waals surface area contributed by atoms with E-state index in [1.165, 1.54) is 0 Å². The molecule has 2 heterocycles. The predicted molar refractivity (Wildman–Crippen MR) is 98.0 cm³/mol. The van der Waals surface area contributed by atoms with E-state index in [9.17, 15) is 0 Å². The topological polar surface area (TPSA) is 38.2 Å². The van der Waals surface area contributed by atoms with Crippen LogP contribution in [0.5, 0.6) is 0 Å². The molecule has 0 radical (unpaired) electrons. The number of halogens is 2. The Labute approximate surface area is 150 Å². The van der Waals surface area contributed by atoms with Crippen molar-refractivity contribution in [3.63, 3.8) is 0 Å². The Hall–Kier alpha value is -1.88. The van der Waals surface area contributed by atoms with Gasteiger partial charge in [0.1, 0.15) is 5.82 Å². The van der Waals surface area contributed by atoms with Crippen molar-refractivity contribution in [1.29, 1.82) is 0 Å². The smallest absolute Gasteiger partial charge is 0.148 e. The van der Waals surface area contributed by atoms with Gasteiger partial charge in [-0.05, 0) is 35.9 Å². The number of rotatable bonds is 2. The molecule has 0 saturated carbocycles. The SMILES string of the molecule is Clc1ccc(Cl)c(-c2ccc3ncc(N4CCOCC4)nc3c2)c1. The third-order valence-electron chi connectivity index (χ3n) is 4.10. The lowest BCUT2D eigenvalue weighted by Crippen LogP contribution is -2.36. The van der Waals surface area contributed by atoms with Crippen LogP contribution in [0.1, 0.15) is 0 Å². The fourth-order valence-corrected chi connectivity index (χ4v) is 3.23. The summed E-state index contributed by atoms with van der Waals surface area (Å²) in [6.07, 6.45) is 1.82. The first kappa shape index (κ1) is 15.6. The zero-order chi connectivity index (χ0) is 16.5. The van der Waals surface area contributed by atoms with Gasteiger partial charge in [-0.3, -0.25) is 4.98 Å². The van der Waals surface area contributed by atoms with Gasteiger partial charge in [0.25, 0.3) is 0 Å². The highest BCUT2D eigenvalue weighted by atomic mass is 35.5. The number of aromatic nitrogens is 2. The van der Waals surface area contributed by atoms with E-state index in [4.69, 9.17) is 32.9 Å². The van der Waals surface area contributed by atoms with Crippen LogP contribution in [-0.4, -0.2) is 36.3 Å². The summed E-state index contributed by atoms with van der Waals surface area (Å²) in [4.78, 5) is 11.5. The molecular formula is C18H15Cl2N3O. The van der Waals surface area contributed by atoms with Gasteiger partial charge in [-0.25, -0.2) is 4.98 Å². The minimum absolute atomic E-state index is 0.655. The van der Waals surface area contributed by atoms with Gasteiger partial charge in [-0.15, -0.1) is 0 Å². The van der Waals surface area contributed by atoms with Crippen LogP contribution in [0.2, 0.25) is 10.0 Å². The van der Waals surface area contributed by atoms with Crippen molar-refractivity contribution < 1.29 is 4.74 Å². The Morgan fingerprint density at radius 3 is 2.62 bits per heavy atom. The molecule has 0 aliphatic carbocycles. The first-order valence-corrected chi connectivity index (χ1v) is 8.51. The second kappa shape index (κ2) is 6.55. The zero-order valence-electron chi connectivity index (χ0n) is 12.9. The lowest BCUT2D eigenvalue weighted by atomic mass is 10.0. The van der Waals surface area contributed by atoms with Crippen LogP contribution in [0, 0.1) is 0 Å². The quantitative estimate of drug-likeness (QED) is 0.677. The van der Waals surface area contributed by atoms with Gasteiger partial charge < -0.3 is 9.64 Å².